The number of nitrogens with zero attached hydrogens (tertiary/aromatic N) is 2. The van der Waals surface area contributed by atoms with Crippen molar-refractivity contribution in [2.24, 2.45) is 0 Å². The molecule has 128 valence electrons. The number of carbonyl (C=O) groups is 1. The average Bonchev–Trinajstić information content (AvgIpc) is 3.05. The normalized spacial score (nSPS) is 13.9. The van der Waals surface area contributed by atoms with Crippen LogP contribution in [0.1, 0.15) is 24.1 Å². The van der Waals surface area contributed by atoms with Crippen LogP contribution in [0.3, 0.4) is 0 Å². The summed E-state index contributed by atoms with van der Waals surface area (Å²) in [6.45, 7) is 3.42. The molecule has 0 fully saturated rings. The van der Waals surface area contributed by atoms with E-state index in [9.17, 15) is 9.90 Å². The van der Waals surface area contributed by atoms with Gasteiger partial charge in [-0.15, -0.1) is 0 Å². The Morgan fingerprint density at radius 3 is 2.76 bits per heavy atom. The first-order valence-electron chi connectivity index (χ1n) is 7.91. The van der Waals surface area contributed by atoms with Crippen LogP contribution in [0.2, 0.25) is 0 Å². The molecule has 2 N–H and O–H groups in total. The maximum absolute atomic E-state index is 12.0. The molecule has 6 heteroatoms. The minimum atomic E-state index is -1.28. The first kappa shape index (κ1) is 16.9. The second-order valence-electron chi connectivity index (χ2n) is 6.02. The number of aliphatic hydroxyl groups is 1. The minimum Gasteiger partial charge on any atom is -0.463 e. The van der Waals surface area contributed by atoms with E-state index in [1.54, 1.807) is 38.3 Å². The summed E-state index contributed by atoms with van der Waals surface area (Å²) in [4.78, 5) is 20.7. The zero-order chi connectivity index (χ0) is 17.9. The van der Waals surface area contributed by atoms with E-state index in [1.807, 2.05) is 24.3 Å². The minimum absolute atomic E-state index is 0.0343. The van der Waals surface area contributed by atoms with E-state index in [0.29, 0.717) is 17.2 Å². The number of hydrogen-bond donors (Lipinski definition) is 2. The van der Waals surface area contributed by atoms with Gasteiger partial charge in [0.2, 0.25) is 5.91 Å². The Labute approximate surface area is 145 Å². The van der Waals surface area contributed by atoms with Crippen molar-refractivity contribution in [3.63, 3.8) is 0 Å². The quantitative estimate of drug-likeness (QED) is 0.699. The van der Waals surface area contributed by atoms with E-state index in [4.69, 9.17) is 4.42 Å². The van der Waals surface area contributed by atoms with E-state index in [1.165, 1.54) is 6.08 Å². The molecule has 3 rings (SSSR count). The number of nitrogens with one attached hydrogen (secondary N) is 1. The Balaban J connectivity index is 1.62. The largest absolute Gasteiger partial charge is 0.463 e. The number of benzene rings is 1. The molecule has 0 bridgehead atoms. The van der Waals surface area contributed by atoms with Gasteiger partial charge in [0.25, 0.3) is 0 Å². The molecule has 0 aliphatic rings. The molecular weight excluding hydrogens is 318 g/mol. The van der Waals surface area contributed by atoms with Gasteiger partial charge in [-0.05, 0) is 44.2 Å². The maximum Gasteiger partial charge on any atom is 0.244 e. The van der Waals surface area contributed by atoms with Crippen molar-refractivity contribution in [2.75, 3.05) is 6.54 Å². The van der Waals surface area contributed by atoms with Crippen LogP contribution in [-0.2, 0) is 10.4 Å². The molecule has 1 atom stereocenters. The number of hydrogen-bond acceptors (Lipinski definition) is 5. The van der Waals surface area contributed by atoms with E-state index in [-0.39, 0.29) is 12.5 Å². The topological polar surface area (TPSA) is 88.2 Å². The predicted octanol–water partition coefficient (Wildman–Crippen LogP) is 2.57. The van der Waals surface area contributed by atoms with Crippen molar-refractivity contribution < 1.29 is 14.3 Å². The smallest absolute Gasteiger partial charge is 0.244 e. The third-order valence-electron chi connectivity index (χ3n) is 3.75. The van der Waals surface area contributed by atoms with Crippen LogP contribution in [0.15, 0.2) is 53.1 Å². The molecule has 3 aromatic rings. The van der Waals surface area contributed by atoms with Crippen LogP contribution >= 0.6 is 0 Å². The number of fused-ring (bicyclic) bond motifs is 1. The molecule has 25 heavy (non-hydrogen) atoms. The lowest BCUT2D eigenvalue weighted by molar-refractivity contribution is -0.117. The Kier molecular flexibility index (Phi) is 4.63. The maximum atomic E-state index is 12.0. The second kappa shape index (κ2) is 6.86. The fraction of sp³-hybridized carbons (Fsp3) is 0.211. The zero-order valence-electron chi connectivity index (χ0n) is 14.1. The Morgan fingerprint density at radius 2 is 2.04 bits per heavy atom. The van der Waals surface area contributed by atoms with Crippen molar-refractivity contribution in [3.05, 3.63) is 65.9 Å². The molecule has 1 amide bonds. The number of furan rings is 1. The summed E-state index contributed by atoms with van der Waals surface area (Å²) >= 11 is 0. The van der Waals surface area contributed by atoms with Crippen LogP contribution in [0.4, 0.5) is 0 Å². The van der Waals surface area contributed by atoms with Crippen LogP contribution in [-0.4, -0.2) is 27.5 Å². The van der Waals surface area contributed by atoms with Crippen LogP contribution in [0.25, 0.3) is 17.1 Å². The van der Waals surface area contributed by atoms with Crippen LogP contribution < -0.4 is 5.32 Å². The van der Waals surface area contributed by atoms with E-state index in [0.717, 1.165) is 11.0 Å². The van der Waals surface area contributed by atoms with Gasteiger partial charge < -0.3 is 14.8 Å². The first-order chi connectivity index (χ1) is 11.9. The fourth-order valence-corrected chi connectivity index (χ4v) is 2.34. The van der Waals surface area contributed by atoms with Gasteiger partial charge in [0.05, 0.1) is 29.5 Å². The highest BCUT2D eigenvalue weighted by molar-refractivity contribution is 5.91. The highest BCUT2D eigenvalue weighted by Gasteiger charge is 2.27. The standard InChI is InChI=1S/C19H19N3O3/c1-13-7-9-17(25-13)19(2,24)12-21-18(23)10-8-14-11-20-15-5-3-4-6-16(15)22-14/h3-11,24H,12H2,1-2H3,(H,21,23). The van der Waals surface area contributed by atoms with E-state index >= 15 is 0 Å². The predicted molar refractivity (Wildman–Crippen MR) is 94.6 cm³/mol. The Morgan fingerprint density at radius 1 is 1.28 bits per heavy atom. The Bertz CT molecular complexity index is 928. The van der Waals surface area contributed by atoms with Crippen LogP contribution in [0.5, 0.6) is 0 Å². The molecule has 0 saturated carbocycles. The van der Waals surface area contributed by atoms with Gasteiger partial charge in [-0.25, -0.2) is 4.98 Å². The SMILES string of the molecule is Cc1ccc(C(C)(O)CNC(=O)C=Cc2cnc3ccccc3n2)o1. The molecule has 0 aliphatic heterocycles. The summed E-state index contributed by atoms with van der Waals surface area (Å²) in [7, 11) is 0. The first-order valence-corrected chi connectivity index (χ1v) is 7.91. The third kappa shape index (κ3) is 4.10. The number of aromatic nitrogens is 2. The van der Waals surface area contributed by atoms with Gasteiger partial charge in [-0.3, -0.25) is 9.78 Å². The summed E-state index contributed by atoms with van der Waals surface area (Å²) in [5, 5.41) is 13.1. The van der Waals surface area contributed by atoms with Crippen molar-refractivity contribution in [1.82, 2.24) is 15.3 Å². The fourth-order valence-electron chi connectivity index (χ4n) is 2.34. The number of aryl methyl sites for hydroxylation is 1. The van der Waals surface area contributed by atoms with Gasteiger partial charge in [0.15, 0.2) is 0 Å². The van der Waals surface area contributed by atoms with Gasteiger partial charge in [-0.1, -0.05) is 12.1 Å². The molecule has 1 unspecified atom stereocenters. The van der Waals surface area contributed by atoms with Gasteiger partial charge >= 0.3 is 0 Å². The summed E-state index contributed by atoms with van der Waals surface area (Å²) in [5.41, 5.74) is 0.873. The monoisotopic (exact) mass is 337 g/mol. The van der Waals surface area contributed by atoms with Crippen molar-refractivity contribution in [3.8, 4) is 0 Å². The molecule has 6 nitrogen and oxygen atoms in total. The van der Waals surface area contributed by atoms with Gasteiger partial charge in [0, 0.05) is 6.08 Å². The average molecular weight is 337 g/mol. The number of para-hydroxylation sites is 2. The Hall–Kier alpha value is -2.99. The van der Waals surface area contributed by atoms with Crippen molar-refractivity contribution in [2.45, 2.75) is 19.4 Å². The van der Waals surface area contributed by atoms with Gasteiger partial charge in [0.1, 0.15) is 17.1 Å². The molecule has 0 spiro atoms. The molecule has 2 aromatic heterocycles. The molecular formula is C19H19N3O3. The van der Waals surface area contributed by atoms with Crippen LogP contribution in [0, 0.1) is 6.92 Å². The highest BCUT2D eigenvalue weighted by Crippen LogP contribution is 2.21. The number of carbonyl (C=O) groups excluding carboxylic acids is 1. The molecule has 0 aliphatic carbocycles. The molecule has 2 heterocycles. The second-order valence-corrected chi connectivity index (χ2v) is 6.02. The molecule has 0 radical (unpaired) electrons. The third-order valence-corrected chi connectivity index (χ3v) is 3.75. The molecule has 0 saturated heterocycles. The van der Waals surface area contributed by atoms with Crippen molar-refractivity contribution in [1.29, 1.82) is 0 Å². The summed E-state index contributed by atoms with van der Waals surface area (Å²) < 4.78 is 5.41. The summed E-state index contributed by atoms with van der Waals surface area (Å²) in [6, 6.07) is 11.0. The highest BCUT2D eigenvalue weighted by atomic mass is 16.4. The van der Waals surface area contributed by atoms with Crippen molar-refractivity contribution >= 4 is 23.0 Å². The summed E-state index contributed by atoms with van der Waals surface area (Å²) in [5.74, 6) is 0.782. The zero-order valence-corrected chi connectivity index (χ0v) is 14.1. The van der Waals surface area contributed by atoms with E-state index in [2.05, 4.69) is 15.3 Å². The lowest BCUT2D eigenvalue weighted by Crippen LogP contribution is -2.37. The molecule has 1 aromatic carbocycles. The number of amides is 1. The lowest BCUT2D eigenvalue weighted by Gasteiger charge is -2.20. The lowest BCUT2D eigenvalue weighted by atomic mass is 10.0. The van der Waals surface area contributed by atoms with Gasteiger partial charge in [-0.2, -0.15) is 0 Å². The van der Waals surface area contributed by atoms with E-state index < -0.39 is 5.60 Å². The summed E-state index contributed by atoms with van der Waals surface area (Å²) in [6.07, 6.45) is 4.55. The number of rotatable bonds is 5.